The molecule has 1 aromatic rings. The van der Waals surface area contributed by atoms with Gasteiger partial charge in [-0.05, 0) is 37.7 Å². The molecular weight excluding hydrogens is 240 g/mol. The fraction of sp³-hybridized carbons (Fsp3) is 0.600. The average Bonchev–Trinajstić information content (AvgIpc) is 2.86. The number of benzene rings is 1. The van der Waals surface area contributed by atoms with Crippen LogP contribution in [-0.2, 0) is 0 Å². The number of hydrogen-bond donors (Lipinski definition) is 1. The molecule has 1 aromatic carbocycles. The zero-order valence-electron chi connectivity index (χ0n) is 11.6. The van der Waals surface area contributed by atoms with Crippen LogP contribution in [0.2, 0.25) is 0 Å². The monoisotopic (exact) mass is 262 g/mol. The van der Waals surface area contributed by atoms with Crippen LogP contribution >= 0.6 is 0 Å². The van der Waals surface area contributed by atoms with Crippen molar-refractivity contribution in [3.8, 4) is 0 Å². The molecule has 1 saturated carbocycles. The van der Waals surface area contributed by atoms with Crippen molar-refractivity contribution in [1.82, 2.24) is 5.32 Å². The molecule has 0 amide bonds. The van der Waals surface area contributed by atoms with E-state index in [1.54, 1.807) is 18.2 Å². The van der Waals surface area contributed by atoms with Crippen LogP contribution in [0.4, 0.5) is 5.69 Å². The topological polar surface area (TPSA) is 55.2 Å². The van der Waals surface area contributed by atoms with Crippen molar-refractivity contribution in [1.29, 1.82) is 0 Å². The Morgan fingerprint density at radius 2 is 2.26 bits per heavy atom. The Morgan fingerprint density at radius 1 is 1.47 bits per heavy atom. The number of non-ortho nitro benzene ring substituents is 1. The summed E-state index contributed by atoms with van der Waals surface area (Å²) in [5.74, 6) is 0.842. The zero-order valence-corrected chi connectivity index (χ0v) is 11.6. The lowest BCUT2D eigenvalue weighted by molar-refractivity contribution is -0.384. The van der Waals surface area contributed by atoms with Crippen LogP contribution < -0.4 is 5.32 Å². The summed E-state index contributed by atoms with van der Waals surface area (Å²) in [5, 5.41) is 14.4. The van der Waals surface area contributed by atoms with E-state index in [2.05, 4.69) is 19.2 Å². The molecule has 0 heterocycles. The van der Waals surface area contributed by atoms with Crippen LogP contribution in [0.1, 0.15) is 51.1 Å². The molecular formula is C15H22N2O2. The van der Waals surface area contributed by atoms with Gasteiger partial charge in [0.05, 0.1) is 4.92 Å². The fourth-order valence-electron chi connectivity index (χ4n) is 2.95. The van der Waals surface area contributed by atoms with Crippen molar-refractivity contribution in [3.63, 3.8) is 0 Å². The Hall–Kier alpha value is -1.42. The van der Waals surface area contributed by atoms with E-state index in [4.69, 9.17) is 0 Å². The van der Waals surface area contributed by atoms with Gasteiger partial charge < -0.3 is 5.32 Å². The van der Waals surface area contributed by atoms with Crippen molar-refractivity contribution < 1.29 is 4.92 Å². The van der Waals surface area contributed by atoms with Crippen molar-refractivity contribution in [2.24, 2.45) is 5.92 Å². The Morgan fingerprint density at radius 3 is 2.89 bits per heavy atom. The highest BCUT2D eigenvalue weighted by atomic mass is 16.6. The Labute approximate surface area is 114 Å². The third-order valence-electron chi connectivity index (χ3n) is 4.19. The van der Waals surface area contributed by atoms with Crippen LogP contribution in [0.5, 0.6) is 0 Å². The van der Waals surface area contributed by atoms with Gasteiger partial charge in [0.2, 0.25) is 0 Å². The quantitative estimate of drug-likeness (QED) is 0.648. The standard InChI is InChI=1S/C15H22N2O2/c1-3-12-7-8-14(9-12)16-11(2)13-5-4-6-15(10-13)17(18)19/h4-6,10-12,14,16H,3,7-9H2,1-2H3. The van der Waals surface area contributed by atoms with Crippen molar-refractivity contribution in [3.05, 3.63) is 39.9 Å². The zero-order chi connectivity index (χ0) is 13.8. The first-order valence-electron chi connectivity index (χ1n) is 7.10. The van der Waals surface area contributed by atoms with Crippen LogP contribution in [0.15, 0.2) is 24.3 Å². The predicted molar refractivity (Wildman–Crippen MR) is 76.1 cm³/mol. The van der Waals surface area contributed by atoms with Gasteiger partial charge in [0, 0.05) is 24.2 Å². The van der Waals surface area contributed by atoms with Crippen LogP contribution in [-0.4, -0.2) is 11.0 Å². The molecule has 2 rings (SSSR count). The normalized spacial score (nSPS) is 24.3. The van der Waals surface area contributed by atoms with E-state index in [1.165, 1.54) is 25.7 Å². The van der Waals surface area contributed by atoms with Gasteiger partial charge in [-0.15, -0.1) is 0 Å². The highest BCUT2D eigenvalue weighted by molar-refractivity contribution is 5.35. The first-order chi connectivity index (χ1) is 9.10. The Balaban J connectivity index is 1.98. The first kappa shape index (κ1) is 14.0. The largest absolute Gasteiger partial charge is 0.307 e. The van der Waals surface area contributed by atoms with E-state index < -0.39 is 0 Å². The van der Waals surface area contributed by atoms with E-state index >= 15 is 0 Å². The summed E-state index contributed by atoms with van der Waals surface area (Å²) in [6.45, 7) is 4.33. The highest BCUT2D eigenvalue weighted by Gasteiger charge is 2.24. The van der Waals surface area contributed by atoms with E-state index in [9.17, 15) is 10.1 Å². The minimum atomic E-state index is -0.334. The summed E-state index contributed by atoms with van der Waals surface area (Å²) >= 11 is 0. The SMILES string of the molecule is CCC1CCC(NC(C)c2cccc([N+](=O)[O-])c2)C1. The number of nitro benzene ring substituents is 1. The third-order valence-corrected chi connectivity index (χ3v) is 4.19. The molecule has 0 bridgehead atoms. The number of hydrogen-bond acceptors (Lipinski definition) is 3. The molecule has 0 saturated heterocycles. The second-order valence-corrected chi connectivity index (χ2v) is 5.52. The minimum Gasteiger partial charge on any atom is -0.307 e. The van der Waals surface area contributed by atoms with Gasteiger partial charge in [-0.3, -0.25) is 10.1 Å². The van der Waals surface area contributed by atoms with Crippen LogP contribution in [0, 0.1) is 16.0 Å². The Bertz CT molecular complexity index is 448. The molecule has 0 radical (unpaired) electrons. The maximum Gasteiger partial charge on any atom is 0.269 e. The molecule has 0 aromatic heterocycles. The third kappa shape index (κ3) is 3.53. The molecule has 3 atom stereocenters. The van der Waals surface area contributed by atoms with Gasteiger partial charge >= 0.3 is 0 Å². The highest BCUT2D eigenvalue weighted by Crippen LogP contribution is 2.30. The summed E-state index contributed by atoms with van der Waals surface area (Å²) in [6, 6.07) is 7.65. The fourth-order valence-corrected chi connectivity index (χ4v) is 2.95. The molecule has 1 aliphatic carbocycles. The smallest absolute Gasteiger partial charge is 0.269 e. The van der Waals surface area contributed by atoms with Crippen molar-refractivity contribution in [2.75, 3.05) is 0 Å². The summed E-state index contributed by atoms with van der Waals surface area (Å²) < 4.78 is 0. The lowest BCUT2D eigenvalue weighted by Crippen LogP contribution is -2.29. The van der Waals surface area contributed by atoms with Gasteiger partial charge in [-0.25, -0.2) is 0 Å². The number of nitrogens with zero attached hydrogens (tertiary/aromatic N) is 1. The van der Waals surface area contributed by atoms with E-state index in [0.29, 0.717) is 6.04 Å². The second kappa shape index (κ2) is 6.15. The van der Waals surface area contributed by atoms with Gasteiger partial charge in [0.25, 0.3) is 5.69 Å². The number of nitro groups is 1. The van der Waals surface area contributed by atoms with Crippen LogP contribution in [0.25, 0.3) is 0 Å². The summed E-state index contributed by atoms with van der Waals surface area (Å²) in [6.07, 6.45) is 5.01. The van der Waals surface area contributed by atoms with Gasteiger partial charge in [0.1, 0.15) is 0 Å². The predicted octanol–water partition coefficient (Wildman–Crippen LogP) is 3.82. The summed E-state index contributed by atoms with van der Waals surface area (Å²) in [7, 11) is 0. The molecule has 4 heteroatoms. The van der Waals surface area contributed by atoms with Gasteiger partial charge in [-0.1, -0.05) is 25.5 Å². The maximum absolute atomic E-state index is 10.8. The van der Waals surface area contributed by atoms with E-state index in [-0.39, 0.29) is 16.7 Å². The van der Waals surface area contributed by atoms with Gasteiger partial charge in [0.15, 0.2) is 0 Å². The second-order valence-electron chi connectivity index (χ2n) is 5.52. The van der Waals surface area contributed by atoms with Crippen molar-refractivity contribution in [2.45, 2.75) is 51.6 Å². The van der Waals surface area contributed by atoms with Gasteiger partial charge in [-0.2, -0.15) is 0 Å². The maximum atomic E-state index is 10.8. The first-order valence-corrected chi connectivity index (χ1v) is 7.10. The molecule has 1 N–H and O–H groups in total. The molecule has 1 aliphatic rings. The summed E-state index contributed by atoms with van der Waals surface area (Å²) in [5.41, 5.74) is 1.16. The summed E-state index contributed by atoms with van der Waals surface area (Å²) in [4.78, 5) is 10.5. The lowest BCUT2D eigenvalue weighted by Gasteiger charge is -2.20. The lowest BCUT2D eigenvalue weighted by atomic mass is 10.0. The molecule has 0 spiro atoms. The molecule has 19 heavy (non-hydrogen) atoms. The number of rotatable bonds is 5. The van der Waals surface area contributed by atoms with Crippen LogP contribution in [0.3, 0.4) is 0 Å². The van der Waals surface area contributed by atoms with E-state index in [0.717, 1.165) is 11.5 Å². The Kier molecular flexibility index (Phi) is 4.53. The van der Waals surface area contributed by atoms with Crippen molar-refractivity contribution >= 4 is 5.69 Å². The molecule has 4 nitrogen and oxygen atoms in total. The van der Waals surface area contributed by atoms with E-state index in [1.807, 2.05) is 6.07 Å². The molecule has 1 fully saturated rings. The molecule has 0 aliphatic heterocycles. The molecule has 3 unspecified atom stereocenters. The minimum absolute atomic E-state index is 0.167. The molecule has 104 valence electrons. The average molecular weight is 262 g/mol. The number of nitrogens with one attached hydrogen (secondary N) is 1.